The van der Waals surface area contributed by atoms with Gasteiger partial charge in [0.1, 0.15) is 22.8 Å². The van der Waals surface area contributed by atoms with Gasteiger partial charge in [0.2, 0.25) is 0 Å². The lowest BCUT2D eigenvalue weighted by Crippen LogP contribution is -2.35. The van der Waals surface area contributed by atoms with Gasteiger partial charge in [-0.1, -0.05) is 12.1 Å². The maximum absolute atomic E-state index is 13.7. The molecule has 35 heavy (non-hydrogen) atoms. The second-order valence-corrected chi connectivity index (χ2v) is 8.55. The van der Waals surface area contributed by atoms with Crippen LogP contribution in [0.1, 0.15) is 34.7 Å². The molecule has 1 aliphatic heterocycles. The van der Waals surface area contributed by atoms with Crippen molar-refractivity contribution in [2.45, 2.75) is 32.2 Å². The lowest BCUT2D eigenvalue weighted by atomic mass is 9.87. The molecule has 0 bridgehead atoms. The van der Waals surface area contributed by atoms with E-state index in [4.69, 9.17) is 13.9 Å². The van der Waals surface area contributed by atoms with Crippen molar-refractivity contribution in [1.29, 1.82) is 0 Å². The number of phenols is 1. The summed E-state index contributed by atoms with van der Waals surface area (Å²) in [5, 5.41) is 9.81. The van der Waals surface area contributed by atoms with Crippen molar-refractivity contribution < 1.29 is 23.8 Å². The van der Waals surface area contributed by atoms with Crippen LogP contribution in [0.25, 0.3) is 11.0 Å². The topological polar surface area (TPSA) is 108 Å². The molecule has 2 aromatic heterocycles. The number of carbonyl (C=O) groups is 1. The summed E-state index contributed by atoms with van der Waals surface area (Å²) in [5.74, 6) is -0.482. The van der Waals surface area contributed by atoms with Crippen LogP contribution in [-0.4, -0.2) is 22.8 Å². The number of methoxy groups -OCH3 is 1. The predicted octanol–water partition coefficient (Wildman–Crippen LogP) is 3.66. The fourth-order valence-corrected chi connectivity index (χ4v) is 4.53. The van der Waals surface area contributed by atoms with E-state index in [1.54, 1.807) is 60.0 Å². The average Bonchev–Trinajstić information content (AvgIpc) is 2.84. The first-order chi connectivity index (χ1) is 16.9. The Morgan fingerprint density at radius 3 is 2.60 bits per heavy atom. The molecule has 0 unspecified atom stereocenters. The molecule has 0 fully saturated rings. The molecule has 8 nitrogen and oxygen atoms in total. The highest BCUT2D eigenvalue weighted by Crippen LogP contribution is 2.36. The van der Waals surface area contributed by atoms with Gasteiger partial charge in [0, 0.05) is 29.8 Å². The zero-order valence-corrected chi connectivity index (χ0v) is 19.2. The number of esters is 1. The molecule has 1 aliphatic rings. The van der Waals surface area contributed by atoms with E-state index in [0.29, 0.717) is 35.4 Å². The number of nitrogens with zero attached hydrogens (tertiary/aromatic N) is 1. The number of hydrogen-bond acceptors (Lipinski definition) is 7. The van der Waals surface area contributed by atoms with Gasteiger partial charge in [0.15, 0.2) is 5.43 Å². The van der Waals surface area contributed by atoms with Gasteiger partial charge in [-0.3, -0.25) is 14.4 Å². The minimum absolute atomic E-state index is 0.149. The molecular formula is C27H23NO7. The molecule has 1 atom stereocenters. The van der Waals surface area contributed by atoms with E-state index in [0.717, 1.165) is 5.56 Å². The summed E-state index contributed by atoms with van der Waals surface area (Å²) >= 11 is 0. The van der Waals surface area contributed by atoms with Crippen LogP contribution < -0.4 is 20.5 Å². The zero-order chi connectivity index (χ0) is 24.7. The van der Waals surface area contributed by atoms with Crippen molar-refractivity contribution in [3.63, 3.8) is 0 Å². The zero-order valence-electron chi connectivity index (χ0n) is 19.2. The lowest BCUT2D eigenvalue weighted by molar-refractivity contribution is -0.135. The molecule has 8 heteroatoms. The Hall–Kier alpha value is -4.33. The molecule has 3 heterocycles. The van der Waals surface area contributed by atoms with Crippen LogP contribution in [0, 0.1) is 6.92 Å². The molecule has 178 valence electrons. The number of benzene rings is 2. The van der Waals surface area contributed by atoms with Gasteiger partial charge < -0.3 is 23.6 Å². The highest BCUT2D eigenvalue weighted by atomic mass is 16.5. The number of carbonyl (C=O) groups excluding carboxylic acids is 1. The third-order valence-electron chi connectivity index (χ3n) is 6.39. The van der Waals surface area contributed by atoms with Crippen LogP contribution in [0.3, 0.4) is 0 Å². The van der Waals surface area contributed by atoms with Gasteiger partial charge in [0.25, 0.3) is 5.56 Å². The average molecular weight is 473 g/mol. The monoisotopic (exact) mass is 473 g/mol. The number of aryl methyl sites for hydroxylation is 2. The number of aromatic nitrogens is 1. The fourth-order valence-electron chi connectivity index (χ4n) is 4.53. The maximum atomic E-state index is 13.7. The molecule has 0 spiro atoms. The van der Waals surface area contributed by atoms with Crippen molar-refractivity contribution in [2.75, 3.05) is 7.11 Å². The first-order valence-electron chi connectivity index (χ1n) is 11.2. The highest BCUT2D eigenvalue weighted by Gasteiger charge is 2.34. The summed E-state index contributed by atoms with van der Waals surface area (Å²) in [7, 11) is 1.50. The first kappa shape index (κ1) is 22.5. The summed E-state index contributed by atoms with van der Waals surface area (Å²) in [6.07, 6.45) is 1.73. The summed E-state index contributed by atoms with van der Waals surface area (Å²) in [6.45, 7) is 2.15. The molecule has 0 amide bonds. The number of fused-ring (bicyclic) bond motifs is 2. The third kappa shape index (κ3) is 4.07. The Morgan fingerprint density at radius 2 is 1.86 bits per heavy atom. The van der Waals surface area contributed by atoms with Crippen molar-refractivity contribution >= 4 is 16.9 Å². The van der Waals surface area contributed by atoms with E-state index in [2.05, 4.69) is 0 Å². The van der Waals surface area contributed by atoms with Gasteiger partial charge in [-0.05, 0) is 49.2 Å². The molecule has 0 saturated carbocycles. The SMILES string of the molecule is COc1ccc2occ([C@@H]3CC(=O)Oc4cc(C)n(CCc5ccc(O)cc5)c(=O)c43)c(=O)c2c1. The van der Waals surface area contributed by atoms with Crippen molar-refractivity contribution in [2.24, 2.45) is 0 Å². The minimum Gasteiger partial charge on any atom is -0.508 e. The Kier molecular flexibility index (Phi) is 5.64. The smallest absolute Gasteiger partial charge is 0.312 e. The van der Waals surface area contributed by atoms with Gasteiger partial charge in [0.05, 0.1) is 30.7 Å². The van der Waals surface area contributed by atoms with Crippen LogP contribution in [0.5, 0.6) is 17.2 Å². The Balaban J connectivity index is 1.60. The first-order valence-corrected chi connectivity index (χ1v) is 11.2. The quantitative estimate of drug-likeness (QED) is 0.441. The Labute approximate surface area is 200 Å². The van der Waals surface area contributed by atoms with Crippen LogP contribution in [0.4, 0.5) is 0 Å². The molecular weight excluding hydrogens is 450 g/mol. The largest absolute Gasteiger partial charge is 0.508 e. The maximum Gasteiger partial charge on any atom is 0.312 e. The van der Waals surface area contributed by atoms with E-state index in [1.165, 1.54) is 13.4 Å². The molecule has 0 aliphatic carbocycles. The Bertz CT molecular complexity index is 1560. The minimum atomic E-state index is -0.800. The standard InChI is InChI=1S/C27H23NO7/c1-15-11-23-25(27(32)28(15)10-9-16-3-5-17(29)6-4-16)19(13-24(30)35-23)21-14-34-22-8-7-18(33-2)12-20(22)26(21)31/h3-8,11-12,14,19,29H,9-10,13H2,1-2H3/t19-/m0/s1. The van der Waals surface area contributed by atoms with E-state index >= 15 is 0 Å². The summed E-state index contributed by atoms with van der Waals surface area (Å²) < 4.78 is 18.0. The van der Waals surface area contributed by atoms with Crippen molar-refractivity contribution in [1.82, 2.24) is 4.57 Å². The van der Waals surface area contributed by atoms with Gasteiger partial charge in [-0.2, -0.15) is 0 Å². The summed E-state index contributed by atoms with van der Waals surface area (Å²) in [5.41, 5.74) is 1.81. The van der Waals surface area contributed by atoms with Crippen LogP contribution in [-0.2, 0) is 17.8 Å². The van der Waals surface area contributed by atoms with Crippen LogP contribution >= 0.6 is 0 Å². The van der Waals surface area contributed by atoms with E-state index in [1.807, 2.05) is 0 Å². The van der Waals surface area contributed by atoms with Gasteiger partial charge >= 0.3 is 5.97 Å². The number of hydrogen-bond donors (Lipinski definition) is 1. The van der Waals surface area contributed by atoms with E-state index in [-0.39, 0.29) is 40.0 Å². The molecule has 1 N–H and O–H groups in total. The summed E-state index contributed by atoms with van der Waals surface area (Å²) in [6, 6.07) is 13.4. The normalized spacial score (nSPS) is 15.0. The second-order valence-electron chi connectivity index (χ2n) is 8.55. The molecule has 2 aromatic carbocycles. The number of phenolic OH excluding ortho intramolecular Hbond substituents is 1. The number of aromatic hydroxyl groups is 1. The van der Waals surface area contributed by atoms with Crippen molar-refractivity contribution in [3.05, 3.63) is 97.8 Å². The predicted molar refractivity (Wildman–Crippen MR) is 128 cm³/mol. The number of ether oxygens (including phenoxy) is 2. The highest BCUT2D eigenvalue weighted by molar-refractivity contribution is 5.81. The second kappa shape index (κ2) is 8.79. The number of rotatable bonds is 5. The third-order valence-corrected chi connectivity index (χ3v) is 6.39. The van der Waals surface area contributed by atoms with Crippen LogP contribution in [0.15, 0.2) is 68.8 Å². The molecule has 0 radical (unpaired) electrons. The van der Waals surface area contributed by atoms with Crippen molar-refractivity contribution in [3.8, 4) is 17.2 Å². The molecule has 0 saturated heterocycles. The Morgan fingerprint density at radius 1 is 1.09 bits per heavy atom. The van der Waals surface area contributed by atoms with E-state index < -0.39 is 11.9 Å². The van der Waals surface area contributed by atoms with E-state index in [9.17, 15) is 19.5 Å². The fraction of sp³-hybridized carbons (Fsp3) is 0.222. The van der Waals surface area contributed by atoms with Gasteiger partial charge in [-0.25, -0.2) is 0 Å². The van der Waals surface area contributed by atoms with Gasteiger partial charge in [-0.15, -0.1) is 0 Å². The lowest BCUT2D eigenvalue weighted by Gasteiger charge is -2.25. The molecule has 4 aromatic rings. The molecule has 5 rings (SSSR count). The number of pyridine rings is 1. The van der Waals surface area contributed by atoms with Crippen LogP contribution in [0.2, 0.25) is 0 Å². The summed E-state index contributed by atoms with van der Waals surface area (Å²) in [4.78, 5) is 39.5.